The second kappa shape index (κ2) is 5.11. The number of carboxylic acids is 1. The number of nitrogens with one attached hydrogen (secondary N) is 1. The number of carboxylic acid groups (broad SMARTS) is 1. The van der Waals surface area contributed by atoms with Gasteiger partial charge in [0.05, 0.1) is 5.92 Å². The molecule has 2 unspecified atom stereocenters. The molecule has 0 amide bonds. The summed E-state index contributed by atoms with van der Waals surface area (Å²) in [6.45, 7) is 5.18. The maximum absolute atomic E-state index is 10.9. The highest BCUT2D eigenvalue weighted by Gasteiger charge is 2.37. The monoisotopic (exact) mass is 247 g/mol. The molecule has 2 N–H and O–H groups in total. The smallest absolute Gasteiger partial charge is 0.308 e. The van der Waals surface area contributed by atoms with Crippen molar-refractivity contribution < 1.29 is 9.90 Å². The Bertz CT molecular complexity index is 414. The van der Waals surface area contributed by atoms with Crippen molar-refractivity contribution in [3.05, 3.63) is 35.9 Å². The van der Waals surface area contributed by atoms with Gasteiger partial charge in [0.25, 0.3) is 0 Å². The summed E-state index contributed by atoms with van der Waals surface area (Å²) in [5.41, 5.74) is 1.31. The first kappa shape index (κ1) is 13.1. The lowest BCUT2D eigenvalue weighted by atomic mass is 9.78. The molecule has 1 aromatic carbocycles. The van der Waals surface area contributed by atoms with Crippen LogP contribution in [0.25, 0.3) is 0 Å². The van der Waals surface area contributed by atoms with Gasteiger partial charge in [-0.3, -0.25) is 4.79 Å². The summed E-state index contributed by atoms with van der Waals surface area (Å²) in [4.78, 5) is 10.9. The molecule has 1 aliphatic carbocycles. The van der Waals surface area contributed by atoms with Crippen LogP contribution in [0.4, 0.5) is 0 Å². The first-order valence-electron chi connectivity index (χ1n) is 6.52. The lowest BCUT2D eigenvalue weighted by Crippen LogP contribution is -2.50. The van der Waals surface area contributed by atoms with Crippen LogP contribution in [0.5, 0.6) is 0 Å². The van der Waals surface area contributed by atoms with Crippen LogP contribution in [-0.2, 0) is 10.2 Å². The Kier molecular flexibility index (Phi) is 3.71. The van der Waals surface area contributed by atoms with E-state index >= 15 is 0 Å². The molecule has 0 aliphatic heterocycles. The molecule has 0 bridgehead atoms. The van der Waals surface area contributed by atoms with Gasteiger partial charge in [-0.15, -0.1) is 0 Å². The second-order valence-corrected chi connectivity index (χ2v) is 5.76. The zero-order chi connectivity index (χ0) is 13.2. The summed E-state index contributed by atoms with van der Waals surface area (Å²) in [7, 11) is 0. The van der Waals surface area contributed by atoms with Crippen LogP contribution in [0.1, 0.15) is 32.3 Å². The Balaban J connectivity index is 1.92. The summed E-state index contributed by atoms with van der Waals surface area (Å²) < 4.78 is 0. The van der Waals surface area contributed by atoms with Crippen LogP contribution in [-0.4, -0.2) is 23.7 Å². The fraction of sp³-hybridized carbons (Fsp3) is 0.533. The lowest BCUT2D eigenvalue weighted by molar-refractivity contribution is -0.146. The van der Waals surface area contributed by atoms with Gasteiger partial charge in [-0.05, 0) is 18.4 Å². The molecular formula is C15H21NO2. The molecule has 3 nitrogen and oxygen atoms in total. The SMILES string of the molecule is CC(C)(CNC1CCC1C(=O)O)c1ccccc1. The fourth-order valence-electron chi connectivity index (χ4n) is 2.42. The van der Waals surface area contributed by atoms with Crippen molar-refractivity contribution in [2.24, 2.45) is 5.92 Å². The van der Waals surface area contributed by atoms with E-state index in [9.17, 15) is 4.79 Å². The van der Waals surface area contributed by atoms with E-state index in [1.807, 2.05) is 18.2 Å². The third-order valence-electron chi connectivity index (χ3n) is 3.95. The van der Waals surface area contributed by atoms with E-state index in [1.165, 1.54) is 5.56 Å². The topological polar surface area (TPSA) is 49.3 Å². The molecule has 1 aliphatic rings. The van der Waals surface area contributed by atoms with E-state index in [0.717, 1.165) is 19.4 Å². The van der Waals surface area contributed by atoms with Crippen LogP contribution in [0.15, 0.2) is 30.3 Å². The van der Waals surface area contributed by atoms with Gasteiger partial charge in [-0.2, -0.15) is 0 Å². The molecule has 0 saturated heterocycles. The fourth-order valence-corrected chi connectivity index (χ4v) is 2.42. The number of rotatable bonds is 5. The van der Waals surface area contributed by atoms with Gasteiger partial charge in [0, 0.05) is 18.0 Å². The van der Waals surface area contributed by atoms with Crippen LogP contribution < -0.4 is 5.32 Å². The second-order valence-electron chi connectivity index (χ2n) is 5.76. The van der Waals surface area contributed by atoms with Crippen molar-refractivity contribution in [2.75, 3.05) is 6.54 Å². The Hall–Kier alpha value is -1.35. The normalized spacial score (nSPS) is 23.4. The first-order chi connectivity index (χ1) is 8.50. The average molecular weight is 247 g/mol. The number of hydrogen-bond donors (Lipinski definition) is 2. The Morgan fingerprint density at radius 3 is 2.50 bits per heavy atom. The quantitative estimate of drug-likeness (QED) is 0.840. The van der Waals surface area contributed by atoms with Crippen molar-refractivity contribution in [2.45, 2.75) is 38.1 Å². The molecule has 0 heterocycles. The highest BCUT2D eigenvalue weighted by Crippen LogP contribution is 2.29. The zero-order valence-electron chi connectivity index (χ0n) is 11.0. The van der Waals surface area contributed by atoms with Gasteiger partial charge in [-0.25, -0.2) is 0 Å². The summed E-state index contributed by atoms with van der Waals surface area (Å²) >= 11 is 0. The van der Waals surface area contributed by atoms with Gasteiger partial charge >= 0.3 is 5.97 Å². The van der Waals surface area contributed by atoms with Crippen molar-refractivity contribution in [1.82, 2.24) is 5.32 Å². The minimum absolute atomic E-state index is 0.0277. The number of aliphatic carboxylic acids is 1. The third-order valence-corrected chi connectivity index (χ3v) is 3.95. The molecule has 2 atom stereocenters. The first-order valence-corrected chi connectivity index (χ1v) is 6.52. The molecular weight excluding hydrogens is 226 g/mol. The van der Waals surface area contributed by atoms with Crippen molar-refractivity contribution in [3.63, 3.8) is 0 Å². The lowest BCUT2D eigenvalue weighted by Gasteiger charge is -2.37. The Morgan fingerprint density at radius 2 is 2.00 bits per heavy atom. The predicted molar refractivity (Wildman–Crippen MR) is 71.6 cm³/mol. The Labute approximate surface area is 108 Å². The number of carbonyl (C=O) groups is 1. The standard InChI is InChI=1S/C15H21NO2/c1-15(2,11-6-4-3-5-7-11)10-16-13-9-8-12(13)14(17)18/h3-7,12-13,16H,8-10H2,1-2H3,(H,17,18). The zero-order valence-corrected chi connectivity index (χ0v) is 11.0. The highest BCUT2D eigenvalue weighted by molar-refractivity contribution is 5.72. The molecule has 1 aromatic rings. The molecule has 98 valence electrons. The minimum atomic E-state index is -0.670. The molecule has 1 saturated carbocycles. The van der Waals surface area contributed by atoms with Gasteiger partial charge in [0.15, 0.2) is 0 Å². The summed E-state index contributed by atoms with van der Waals surface area (Å²) in [6, 6.07) is 10.5. The molecule has 2 rings (SSSR count). The highest BCUT2D eigenvalue weighted by atomic mass is 16.4. The predicted octanol–water partition coefficient (Wildman–Crippen LogP) is 2.42. The van der Waals surface area contributed by atoms with Crippen molar-refractivity contribution in [3.8, 4) is 0 Å². The molecule has 18 heavy (non-hydrogen) atoms. The largest absolute Gasteiger partial charge is 0.481 e. The molecule has 1 fully saturated rings. The van der Waals surface area contributed by atoms with Gasteiger partial charge < -0.3 is 10.4 Å². The van der Waals surface area contributed by atoms with E-state index < -0.39 is 5.97 Å². The minimum Gasteiger partial charge on any atom is -0.481 e. The van der Waals surface area contributed by atoms with Gasteiger partial charge in [0.1, 0.15) is 0 Å². The van der Waals surface area contributed by atoms with Gasteiger partial charge in [-0.1, -0.05) is 44.2 Å². The summed E-state index contributed by atoms with van der Waals surface area (Å²) in [6.07, 6.45) is 1.78. The van der Waals surface area contributed by atoms with E-state index in [-0.39, 0.29) is 17.4 Å². The molecule has 0 radical (unpaired) electrons. The maximum Gasteiger partial charge on any atom is 0.308 e. The average Bonchev–Trinajstić information content (AvgIpc) is 2.28. The molecule has 0 spiro atoms. The molecule has 3 heteroatoms. The maximum atomic E-state index is 10.9. The van der Waals surface area contributed by atoms with Crippen molar-refractivity contribution >= 4 is 5.97 Å². The van der Waals surface area contributed by atoms with E-state index in [2.05, 4.69) is 31.3 Å². The number of hydrogen-bond acceptors (Lipinski definition) is 2. The van der Waals surface area contributed by atoms with Crippen LogP contribution in [0, 0.1) is 5.92 Å². The summed E-state index contributed by atoms with van der Waals surface area (Å²) in [5.74, 6) is -0.868. The van der Waals surface area contributed by atoms with Crippen LogP contribution >= 0.6 is 0 Å². The van der Waals surface area contributed by atoms with Crippen LogP contribution in [0.3, 0.4) is 0 Å². The molecule has 0 aromatic heterocycles. The van der Waals surface area contributed by atoms with E-state index in [1.54, 1.807) is 0 Å². The number of benzene rings is 1. The van der Waals surface area contributed by atoms with E-state index in [4.69, 9.17) is 5.11 Å². The van der Waals surface area contributed by atoms with Crippen molar-refractivity contribution in [1.29, 1.82) is 0 Å². The van der Waals surface area contributed by atoms with E-state index in [0.29, 0.717) is 0 Å². The Morgan fingerprint density at radius 1 is 1.33 bits per heavy atom. The third kappa shape index (κ3) is 2.72. The van der Waals surface area contributed by atoms with Crippen LogP contribution in [0.2, 0.25) is 0 Å². The summed E-state index contributed by atoms with van der Waals surface area (Å²) in [5, 5.41) is 12.4. The van der Waals surface area contributed by atoms with Gasteiger partial charge in [0.2, 0.25) is 0 Å².